The fourth-order valence-corrected chi connectivity index (χ4v) is 10.4. The number of nitrogens with one attached hydrogen (secondary N) is 4. The van der Waals surface area contributed by atoms with Crippen molar-refractivity contribution in [1.29, 1.82) is 0 Å². The van der Waals surface area contributed by atoms with Gasteiger partial charge in [-0.25, -0.2) is 24.5 Å². The fourth-order valence-electron chi connectivity index (χ4n) is 10.4. The maximum Gasteiger partial charge on any atom is 0.433 e. The number of aromatic amines is 2. The second-order valence-corrected chi connectivity index (χ2v) is 19.0. The molecule has 19 heteroatoms. The second kappa shape index (κ2) is 20.5. The van der Waals surface area contributed by atoms with Gasteiger partial charge in [-0.2, -0.15) is 13.2 Å². The molecule has 0 bridgehead atoms. The smallest absolute Gasteiger partial charge is 0.433 e. The minimum absolute atomic E-state index is 0.0402. The molecule has 8 rings (SSSR count). The Hall–Kier alpha value is -6.66. The molecule has 4 aromatic rings. The first-order valence-electron chi connectivity index (χ1n) is 23.8. The molecule has 1 aromatic carbocycles. The number of aromatic nitrogens is 5. The van der Waals surface area contributed by atoms with E-state index < -0.39 is 36.1 Å². The van der Waals surface area contributed by atoms with E-state index in [1.807, 2.05) is 52.0 Å². The van der Waals surface area contributed by atoms with Crippen LogP contribution in [0.3, 0.4) is 0 Å². The third-order valence-electron chi connectivity index (χ3n) is 14.0. The van der Waals surface area contributed by atoms with E-state index in [1.165, 1.54) is 26.5 Å². The van der Waals surface area contributed by atoms with Crippen LogP contribution in [0.25, 0.3) is 16.8 Å². The lowest BCUT2D eigenvalue weighted by Gasteiger charge is -2.36. The second-order valence-electron chi connectivity index (χ2n) is 19.0. The van der Waals surface area contributed by atoms with Gasteiger partial charge in [0.25, 0.3) is 0 Å². The SMILES string of the molecule is COC(=O)N[C@H](C(=O)N1CCC[C@H]1c1ncc(C2=CCC([C@@H]3CC[C@@H](c4ccc(-c5cnc([C@@H]6CCCN6C(=O)[C@@H](NC(=O)OC)C(C)C)[nH]5)cc4)N3c3ccc(C(F)(F)F)nc3)C=C2)[nH]1)C(C)C. The lowest BCUT2D eigenvalue weighted by molar-refractivity contribution is -0.141. The van der Waals surface area contributed by atoms with Crippen LogP contribution >= 0.6 is 0 Å². The zero-order chi connectivity index (χ0) is 49.1. The lowest BCUT2D eigenvalue weighted by atomic mass is 9.88. The zero-order valence-electron chi connectivity index (χ0n) is 39.8. The van der Waals surface area contributed by atoms with Crippen molar-refractivity contribution in [2.24, 2.45) is 17.8 Å². The van der Waals surface area contributed by atoms with E-state index in [9.17, 15) is 32.3 Å². The number of imidazole rings is 2. The van der Waals surface area contributed by atoms with Gasteiger partial charge in [0.05, 0.1) is 68.0 Å². The van der Waals surface area contributed by atoms with Crippen molar-refractivity contribution in [2.45, 2.75) is 115 Å². The number of alkyl carbamates (subject to hydrolysis) is 2. The maximum atomic E-state index is 13.7. The molecular weight excluding hydrogens is 894 g/mol. The number of pyridine rings is 1. The Bertz CT molecular complexity index is 2540. The largest absolute Gasteiger partial charge is 0.453 e. The van der Waals surface area contributed by atoms with Gasteiger partial charge in [0.15, 0.2) is 0 Å². The summed E-state index contributed by atoms with van der Waals surface area (Å²) in [5.41, 5.74) is 4.09. The number of carbonyl (C=O) groups excluding carboxylic acids is 4. The predicted molar refractivity (Wildman–Crippen MR) is 251 cm³/mol. The number of nitrogens with zero attached hydrogens (tertiary/aromatic N) is 6. The van der Waals surface area contributed by atoms with Crippen molar-refractivity contribution < 1.29 is 41.8 Å². The topological polar surface area (TPSA) is 191 Å². The van der Waals surface area contributed by atoms with Crippen molar-refractivity contribution in [3.63, 3.8) is 0 Å². The van der Waals surface area contributed by atoms with Crippen LogP contribution in [0.15, 0.2) is 73.2 Å². The van der Waals surface area contributed by atoms with E-state index in [-0.39, 0.29) is 53.7 Å². The van der Waals surface area contributed by atoms with Crippen molar-refractivity contribution in [3.8, 4) is 11.3 Å². The van der Waals surface area contributed by atoms with Crippen molar-refractivity contribution >= 4 is 35.3 Å². The quantitative estimate of drug-likeness (QED) is 0.101. The highest BCUT2D eigenvalue weighted by molar-refractivity contribution is 5.87. The normalized spacial score (nSPS) is 22.5. The standard InChI is InChI=1S/C50H61F3N10O6/c1-28(2)42(59-48(66)68-5)46(64)61-23-7-9-39(61)44-55-26-35(57-44)30-11-15-32(16-12-30)37-20-21-38(63(37)34-19-22-41(54-25-34)50(51,52)53)33-17-13-31(14-18-33)36-27-56-45(58-36)40-10-8-24-62(40)47(65)43(29(3)4)60-49(67)69-6/h11-17,19,22,25-29,33,37-40,42-43H,7-10,18,20-21,23-24H2,1-6H3,(H,55,57)(H,56,58)(H,59,66)(H,60,67)/t33?,37-,38-,39-,40-,42-,43-/m0/s1. The van der Waals surface area contributed by atoms with Crippen molar-refractivity contribution in [1.82, 2.24) is 45.4 Å². The van der Waals surface area contributed by atoms with Crippen LogP contribution in [0.5, 0.6) is 0 Å². The molecule has 7 atom stereocenters. The van der Waals surface area contributed by atoms with Gasteiger partial charge in [0.2, 0.25) is 11.8 Å². The molecule has 3 aliphatic heterocycles. The Morgan fingerprint density at radius 3 is 1.77 bits per heavy atom. The number of anilines is 1. The summed E-state index contributed by atoms with van der Waals surface area (Å²) in [5, 5.41) is 5.37. The summed E-state index contributed by atoms with van der Waals surface area (Å²) in [6, 6.07) is 8.43. The van der Waals surface area contributed by atoms with E-state index in [0.29, 0.717) is 36.8 Å². The van der Waals surface area contributed by atoms with E-state index in [4.69, 9.17) is 19.4 Å². The van der Waals surface area contributed by atoms with E-state index in [2.05, 4.69) is 48.7 Å². The minimum atomic E-state index is -4.57. The van der Waals surface area contributed by atoms with Gasteiger partial charge in [0.1, 0.15) is 29.4 Å². The number of benzene rings is 1. The Morgan fingerprint density at radius 1 is 0.710 bits per heavy atom. The molecule has 3 saturated heterocycles. The molecular formula is C50H61F3N10O6. The highest BCUT2D eigenvalue weighted by Crippen LogP contribution is 2.45. The Balaban J connectivity index is 0.977. The monoisotopic (exact) mass is 954 g/mol. The number of H-pyrrole nitrogens is 2. The van der Waals surface area contributed by atoms with Crippen LogP contribution < -0.4 is 15.5 Å². The summed E-state index contributed by atoms with van der Waals surface area (Å²) in [4.78, 5) is 77.5. The number of amides is 4. The molecule has 0 radical (unpaired) electrons. The number of methoxy groups -OCH3 is 2. The third-order valence-corrected chi connectivity index (χ3v) is 14.0. The number of allylic oxidation sites excluding steroid dienone is 3. The number of likely N-dealkylation sites (tertiary alicyclic amines) is 2. The molecule has 4 amide bonds. The number of alkyl halides is 3. The Labute approximate surface area is 399 Å². The lowest BCUT2D eigenvalue weighted by Crippen LogP contribution is -2.51. The molecule has 3 fully saturated rings. The van der Waals surface area contributed by atoms with Gasteiger partial charge < -0.3 is 44.8 Å². The van der Waals surface area contributed by atoms with Gasteiger partial charge in [-0.05, 0) is 85.6 Å². The molecule has 0 saturated carbocycles. The first kappa shape index (κ1) is 48.8. The van der Waals surface area contributed by atoms with Gasteiger partial charge in [-0.1, -0.05) is 70.2 Å². The fraction of sp³-hybridized carbons (Fsp3) is 0.500. The summed E-state index contributed by atoms with van der Waals surface area (Å²) in [7, 11) is 2.53. The number of rotatable bonds is 13. The Kier molecular flexibility index (Phi) is 14.5. The number of carbonyl (C=O) groups is 4. The minimum Gasteiger partial charge on any atom is -0.453 e. The van der Waals surface area contributed by atoms with Gasteiger partial charge in [-0.3, -0.25) is 9.59 Å². The van der Waals surface area contributed by atoms with Crippen LogP contribution in [0.4, 0.5) is 28.4 Å². The molecule has 0 spiro atoms. The number of ether oxygens (including phenoxy) is 2. The number of halogens is 3. The first-order valence-corrected chi connectivity index (χ1v) is 23.8. The molecule has 1 unspecified atom stereocenters. The molecule has 4 N–H and O–H groups in total. The van der Waals surface area contributed by atoms with Gasteiger partial charge in [0, 0.05) is 25.0 Å². The summed E-state index contributed by atoms with van der Waals surface area (Å²) >= 11 is 0. The average molecular weight is 955 g/mol. The van der Waals surface area contributed by atoms with Crippen molar-refractivity contribution in [3.05, 3.63) is 102 Å². The van der Waals surface area contributed by atoms with Crippen LogP contribution in [-0.4, -0.2) is 104 Å². The molecule has 4 aliphatic rings. The molecule has 6 heterocycles. The summed E-state index contributed by atoms with van der Waals surface area (Å²) < 4.78 is 50.6. The average Bonchev–Trinajstić information content (AvgIpc) is 4.21. The van der Waals surface area contributed by atoms with Gasteiger partial charge >= 0.3 is 18.4 Å². The van der Waals surface area contributed by atoms with Crippen LogP contribution in [0, 0.1) is 17.8 Å². The molecule has 16 nitrogen and oxygen atoms in total. The predicted octanol–water partition coefficient (Wildman–Crippen LogP) is 8.67. The Morgan fingerprint density at radius 2 is 1.28 bits per heavy atom. The van der Waals surface area contributed by atoms with E-state index in [0.717, 1.165) is 72.7 Å². The third kappa shape index (κ3) is 10.4. The maximum absolute atomic E-state index is 13.7. The van der Waals surface area contributed by atoms with Crippen molar-refractivity contribution in [2.75, 3.05) is 32.2 Å². The number of hydrogen-bond donors (Lipinski definition) is 4. The van der Waals surface area contributed by atoms with Crippen LogP contribution in [-0.2, 0) is 25.2 Å². The van der Waals surface area contributed by atoms with Crippen LogP contribution in [0.2, 0.25) is 0 Å². The van der Waals surface area contributed by atoms with Crippen LogP contribution in [0.1, 0.15) is 119 Å². The number of hydrogen-bond acceptors (Lipinski definition) is 10. The van der Waals surface area contributed by atoms with E-state index in [1.54, 1.807) is 22.2 Å². The molecule has 69 heavy (non-hydrogen) atoms. The molecule has 1 aliphatic carbocycles. The first-order chi connectivity index (χ1) is 33.1. The zero-order valence-corrected chi connectivity index (χ0v) is 39.8. The summed E-state index contributed by atoms with van der Waals surface area (Å²) in [6.45, 7) is 8.58. The van der Waals surface area contributed by atoms with E-state index >= 15 is 0 Å². The summed E-state index contributed by atoms with van der Waals surface area (Å²) in [5.74, 6) is 0.685. The molecule has 3 aromatic heterocycles. The van der Waals surface area contributed by atoms with Gasteiger partial charge in [-0.15, -0.1) is 0 Å². The molecule has 368 valence electrons. The highest BCUT2D eigenvalue weighted by atomic mass is 19.4. The summed E-state index contributed by atoms with van der Waals surface area (Å²) in [6.07, 6.45) is 10.6. The highest BCUT2D eigenvalue weighted by Gasteiger charge is 2.42.